The zero-order valence-electron chi connectivity index (χ0n) is 22.1. The lowest BCUT2D eigenvalue weighted by atomic mass is 10.1. The number of hydroxylamine groups is 1. The maximum absolute atomic E-state index is 13.8. The van der Waals surface area contributed by atoms with Gasteiger partial charge in [-0.3, -0.25) is 14.3 Å². The molecule has 0 unspecified atom stereocenters. The largest absolute Gasteiger partial charge is 0.493 e. The molecule has 0 radical (unpaired) electrons. The van der Waals surface area contributed by atoms with Crippen LogP contribution in [0, 0.1) is 0 Å². The molecule has 0 saturated heterocycles. The second-order valence-corrected chi connectivity index (χ2v) is 11.1. The molecule has 0 fully saturated rings. The van der Waals surface area contributed by atoms with E-state index in [1.807, 2.05) is 53.9 Å². The van der Waals surface area contributed by atoms with E-state index in [0.717, 1.165) is 27.6 Å². The molecule has 0 saturated carbocycles. The van der Waals surface area contributed by atoms with Crippen molar-refractivity contribution in [2.75, 3.05) is 35.6 Å². The van der Waals surface area contributed by atoms with E-state index in [1.54, 1.807) is 42.5 Å². The number of hydrogen-bond donors (Lipinski definition) is 0. The van der Waals surface area contributed by atoms with Gasteiger partial charge >= 0.3 is 12.1 Å². The van der Waals surface area contributed by atoms with Crippen molar-refractivity contribution in [1.29, 1.82) is 0 Å². The van der Waals surface area contributed by atoms with E-state index < -0.39 is 24.7 Å². The highest BCUT2D eigenvalue weighted by Gasteiger charge is 2.45. The lowest BCUT2D eigenvalue weighted by molar-refractivity contribution is -0.201. The molecule has 3 heterocycles. The molecule has 13 heteroatoms. The molecule has 5 aromatic rings. The number of aromatic nitrogens is 2. The van der Waals surface area contributed by atoms with Crippen molar-refractivity contribution >= 4 is 63.2 Å². The number of amides is 1. The number of para-hydroxylation sites is 1. The predicted octanol–water partition coefficient (Wildman–Crippen LogP) is 6.92. The molecule has 42 heavy (non-hydrogen) atoms. The maximum Gasteiger partial charge on any atom is 0.493 e. The average Bonchev–Trinajstić information content (AvgIpc) is 3.58. The number of thiophene rings is 1. The lowest BCUT2D eigenvalue weighted by Gasteiger charge is -2.34. The Morgan fingerprint density at radius 3 is 2.38 bits per heavy atom. The normalized spacial score (nSPS) is 13.4. The minimum Gasteiger partial charge on any atom is -0.348 e. The van der Waals surface area contributed by atoms with Crippen LogP contribution in [0.2, 0.25) is 5.02 Å². The van der Waals surface area contributed by atoms with Crippen LogP contribution in [0.3, 0.4) is 0 Å². The van der Waals surface area contributed by atoms with E-state index >= 15 is 0 Å². The van der Waals surface area contributed by atoms with Crippen LogP contribution in [0.4, 0.5) is 30.5 Å². The van der Waals surface area contributed by atoms with Gasteiger partial charge in [-0.15, -0.1) is 11.3 Å². The number of rotatable bonds is 5. The first kappa shape index (κ1) is 27.6. The van der Waals surface area contributed by atoms with Crippen LogP contribution in [-0.2, 0) is 9.63 Å². The van der Waals surface area contributed by atoms with E-state index in [0.29, 0.717) is 32.6 Å². The van der Waals surface area contributed by atoms with Crippen LogP contribution in [0.5, 0.6) is 0 Å². The summed E-state index contributed by atoms with van der Waals surface area (Å²) in [6.45, 7) is -0.462. The minimum atomic E-state index is -5.23. The summed E-state index contributed by atoms with van der Waals surface area (Å²) in [5, 5.41) is 1.30. The Labute approximate surface area is 246 Å². The van der Waals surface area contributed by atoms with Crippen molar-refractivity contribution in [2.45, 2.75) is 6.18 Å². The minimum absolute atomic E-state index is 0.0631. The fourth-order valence-corrected chi connectivity index (χ4v) is 5.89. The van der Waals surface area contributed by atoms with Crippen LogP contribution in [0.1, 0.15) is 9.67 Å². The summed E-state index contributed by atoms with van der Waals surface area (Å²) >= 11 is 7.07. The molecule has 1 aliphatic rings. The molecule has 214 valence electrons. The van der Waals surface area contributed by atoms with Gasteiger partial charge in [-0.1, -0.05) is 41.9 Å². The number of hydrogen-bond acceptors (Lipinski definition) is 7. The van der Waals surface area contributed by atoms with Crippen molar-refractivity contribution in [3.63, 3.8) is 0 Å². The summed E-state index contributed by atoms with van der Waals surface area (Å²) in [6.07, 6.45) is -5.23. The van der Waals surface area contributed by atoms with Crippen molar-refractivity contribution in [3.8, 4) is 16.1 Å². The molecule has 0 N–H and O–H groups in total. The SMILES string of the molecule is CN(C)c1nc2cc(N3CN(OC(=O)C(F)(F)F)c4cc(-c5ccc(Cl)cc5)sc4C3=O)ccc2n1-c1ccccc1. The number of carbonyl (C=O) groups excluding carboxylic acids is 2. The standard InChI is InChI=1S/C29H21ClF3N5O3S/c1-35(2)28-34-21-14-20(12-13-22(21)38(28)19-6-4-3-5-7-19)36-16-37(41-27(40)29(31,32)33)23-15-24(42-25(23)26(36)39)17-8-10-18(30)11-9-17/h3-15H,16H2,1-2H3. The number of imidazole rings is 1. The Morgan fingerprint density at radius 2 is 1.71 bits per heavy atom. The van der Waals surface area contributed by atoms with Gasteiger partial charge in [-0.25, -0.2) is 9.78 Å². The van der Waals surface area contributed by atoms with Gasteiger partial charge < -0.3 is 9.74 Å². The number of nitrogens with zero attached hydrogens (tertiary/aromatic N) is 5. The third-order valence-corrected chi connectivity index (χ3v) is 8.00. The number of alkyl halides is 3. The van der Waals surface area contributed by atoms with Crippen LogP contribution < -0.4 is 14.9 Å². The van der Waals surface area contributed by atoms with Gasteiger partial charge in [0.1, 0.15) is 17.2 Å². The third-order valence-electron chi connectivity index (χ3n) is 6.59. The van der Waals surface area contributed by atoms with Crippen molar-refractivity contribution in [1.82, 2.24) is 9.55 Å². The fourth-order valence-electron chi connectivity index (χ4n) is 4.65. The van der Waals surface area contributed by atoms with Crippen molar-refractivity contribution in [2.24, 2.45) is 0 Å². The first-order valence-corrected chi connectivity index (χ1v) is 13.7. The summed E-state index contributed by atoms with van der Waals surface area (Å²) < 4.78 is 41.6. The van der Waals surface area contributed by atoms with Crippen molar-refractivity contribution in [3.05, 3.63) is 88.8 Å². The zero-order valence-corrected chi connectivity index (χ0v) is 23.7. The number of benzene rings is 3. The molecule has 8 nitrogen and oxygen atoms in total. The molecule has 0 bridgehead atoms. The van der Waals surface area contributed by atoms with Gasteiger partial charge in [0, 0.05) is 35.4 Å². The van der Waals surface area contributed by atoms with Crippen LogP contribution in [0.15, 0.2) is 78.9 Å². The van der Waals surface area contributed by atoms with E-state index in [-0.39, 0.29) is 10.6 Å². The highest BCUT2D eigenvalue weighted by Crippen LogP contribution is 2.42. The zero-order chi connectivity index (χ0) is 29.8. The molecule has 1 aliphatic heterocycles. The highest BCUT2D eigenvalue weighted by molar-refractivity contribution is 7.18. The molecule has 0 spiro atoms. The molecule has 0 atom stereocenters. The first-order valence-electron chi connectivity index (χ1n) is 12.5. The smallest absolute Gasteiger partial charge is 0.348 e. The Hall–Kier alpha value is -4.55. The Morgan fingerprint density at radius 1 is 1.00 bits per heavy atom. The quantitative estimate of drug-likeness (QED) is 0.215. The Kier molecular flexibility index (Phi) is 6.82. The number of fused-ring (bicyclic) bond motifs is 2. The van der Waals surface area contributed by atoms with Gasteiger partial charge in [-0.05, 0) is 54.1 Å². The Bertz CT molecular complexity index is 1820. The van der Waals surface area contributed by atoms with Gasteiger partial charge in [0.25, 0.3) is 5.91 Å². The first-order chi connectivity index (χ1) is 20.0. The summed E-state index contributed by atoms with van der Waals surface area (Å²) in [7, 11) is 3.72. The summed E-state index contributed by atoms with van der Waals surface area (Å²) in [5.74, 6) is -2.20. The van der Waals surface area contributed by atoms with Gasteiger partial charge in [0.15, 0.2) is 0 Å². The maximum atomic E-state index is 13.8. The lowest BCUT2D eigenvalue weighted by Crippen LogP contribution is -2.48. The van der Waals surface area contributed by atoms with E-state index in [1.165, 1.54) is 11.0 Å². The summed E-state index contributed by atoms with van der Waals surface area (Å²) in [6, 6.07) is 23.1. The van der Waals surface area contributed by atoms with Gasteiger partial charge in [0.05, 0.1) is 11.0 Å². The van der Waals surface area contributed by atoms with E-state index in [4.69, 9.17) is 21.4 Å². The fraction of sp³-hybridized carbons (Fsp3) is 0.138. The highest BCUT2D eigenvalue weighted by atomic mass is 35.5. The van der Waals surface area contributed by atoms with Crippen LogP contribution in [-0.4, -0.2) is 48.4 Å². The molecular weight excluding hydrogens is 591 g/mol. The second kappa shape index (κ2) is 10.4. The molecule has 2 aromatic heterocycles. The monoisotopic (exact) mass is 611 g/mol. The summed E-state index contributed by atoms with van der Waals surface area (Å²) in [4.78, 5) is 39.0. The number of carbonyl (C=O) groups is 2. The average molecular weight is 612 g/mol. The summed E-state index contributed by atoms with van der Waals surface area (Å²) in [5.41, 5.74) is 3.34. The Balaban J connectivity index is 1.43. The third kappa shape index (κ3) is 4.92. The predicted molar refractivity (Wildman–Crippen MR) is 156 cm³/mol. The molecule has 3 aromatic carbocycles. The molecule has 0 aliphatic carbocycles. The second-order valence-electron chi connectivity index (χ2n) is 9.61. The number of anilines is 3. The molecule has 6 rings (SSSR count). The van der Waals surface area contributed by atoms with Gasteiger partial charge in [0.2, 0.25) is 5.95 Å². The van der Waals surface area contributed by atoms with E-state index in [2.05, 4.69) is 0 Å². The van der Waals surface area contributed by atoms with E-state index in [9.17, 15) is 22.8 Å². The number of halogens is 4. The van der Waals surface area contributed by atoms with Gasteiger partial charge in [-0.2, -0.15) is 18.2 Å². The molecular formula is C29H21ClF3N5O3S. The topological polar surface area (TPSA) is 70.9 Å². The van der Waals surface area contributed by atoms with Crippen LogP contribution in [0.25, 0.3) is 27.2 Å². The van der Waals surface area contributed by atoms with Crippen LogP contribution >= 0.6 is 22.9 Å². The van der Waals surface area contributed by atoms with Crippen molar-refractivity contribution < 1.29 is 27.6 Å². The molecule has 1 amide bonds.